The lowest BCUT2D eigenvalue weighted by Gasteiger charge is -2.25. The highest BCUT2D eigenvalue weighted by atomic mass is 19.1. The first-order valence-corrected chi connectivity index (χ1v) is 7.09. The summed E-state index contributed by atoms with van der Waals surface area (Å²) >= 11 is 0. The summed E-state index contributed by atoms with van der Waals surface area (Å²) in [6, 6.07) is 8.07. The Balaban J connectivity index is 2.09. The number of amides is 1. The fourth-order valence-electron chi connectivity index (χ4n) is 2.42. The monoisotopic (exact) mass is 304 g/mol. The molecule has 0 bridgehead atoms. The van der Waals surface area contributed by atoms with E-state index < -0.39 is 0 Å². The van der Waals surface area contributed by atoms with E-state index in [0.717, 1.165) is 11.3 Å². The van der Waals surface area contributed by atoms with Gasteiger partial charge in [0.1, 0.15) is 11.5 Å². The summed E-state index contributed by atoms with van der Waals surface area (Å²) in [7, 11) is 5.53. The zero-order valence-corrected chi connectivity index (χ0v) is 13.3. The summed E-state index contributed by atoms with van der Waals surface area (Å²) in [5.41, 5.74) is 2.13. The van der Waals surface area contributed by atoms with Crippen LogP contribution in [0.1, 0.15) is 27.8 Å². The Bertz CT molecular complexity index is 666. The molecule has 2 aromatic rings. The second-order valence-electron chi connectivity index (χ2n) is 5.54. The third-order valence-corrected chi connectivity index (χ3v) is 3.55. The maximum Gasteiger partial charge on any atom is 0.269 e. The summed E-state index contributed by atoms with van der Waals surface area (Å²) < 4.78 is 14.9. The van der Waals surface area contributed by atoms with E-state index in [9.17, 15) is 9.18 Å². The summed E-state index contributed by atoms with van der Waals surface area (Å²) in [4.78, 5) is 14.2. The molecule has 1 amide bonds. The first-order valence-electron chi connectivity index (χ1n) is 7.09. The van der Waals surface area contributed by atoms with Crippen LogP contribution < -0.4 is 5.32 Å². The number of aryl methyl sites for hydroxylation is 2. The topological polar surface area (TPSA) is 50.2 Å². The number of rotatable bonds is 5. The lowest BCUT2D eigenvalue weighted by Crippen LogP contribution is -2.35. The van der Waals surface area contributed by atoms with E-state index in [4.69, 9.17) is 0 Å². The molecular weight excluding hydrogens is 283 g/mol. The number of benzene rings is 1. The van der Waals surface area contributed by atoms with Crippen LogP contribution in [-0.2, 0) is 7.05 Å². The third-order valence-electron chi connectivity index (χ3n) is 3.55. The van der Waals surface area contributed by atoms with E-state index in [0.29, 0.717) is 12.2 Å². The van der Waals surface area contributed by atoms with Gasteiger partial charge in [-0.25, -0.2) is 4.39 Å². The van der Waals surface area contributed by atoms with Gasteiger partial charge in [0.05, 0.1) is 11.7 Å². The molecule has 118 valence electrons. The summed E-state index contributed by atoms with van der Waals surface area (Å²) in [5.74, 6) is -0.468. The molecule has 1 unspecified atom stereocenters. The molecule has 0 spiro atoms. The quantitative estimate of drug-likeness (QED) is 0.918. The Morgan fingerprint density at radius 3 is 2.68 bits per heavy atom. The molecule has 0 aliphatic heterocycles. The van der Waals surface area contributed by atoms with Gasteiger partial charge in [0.15, 0.2) is 0 Å². The molecule has 0 saturated heterocycles. The third kappa shape index (κ3) is 3.71. The van der Waals surface area contributed by atoms with Crippen molar-refractivity contribution < 1.29 is 9.18 Å². The van der Waals surface area contributed by atoms with E-state index in [-0.39, 0.29) is 17.8 Å². The van der Waals surface area contributed by atoms with E-state index in [1.54, 1.807) is 23.9 Å². The lowest BCUT2D eigenvalue weighted by molar-refractivity contribution is 0.0932. The zero-order valence-electron chi connectivity index (χ0n) is 13.3. The van der Waals surface area contributed by atoms with E-state index in [2.05, 4.69) is 10.4 Å². The van der Waals surface area contributed by atoms with Crippen molar-refractivity contribution in [1.29, 1.82) is 0 Å². The predicted octanol–water partition coefficient (Wildman–Crippen LogP) is 1.90. The van der Waals surface area contributed by atoms with Crippen LogP contribution in [0.4, 0.5) is 4.39 Å². The number of carbonyl (C=O) groups is 1. The van der Waals surface area contributed by atoms with Crippen molar-refractivity contribution in [1.82, 2.24) is 20.0 Å². The fraction of sp³-hybridized carbons (Fsp3) is 0.375. The van der Waals surface area contributed by atoms with Crippen LogP contribution in [0.2, 0.25) is 0 Å². The number of nitrogens with zero attached hydrogens (tertiary/aromatic N) is 3. The van der Waals surface area contributed by atoms with Crippen molar-refractivity contribution >= 4 is 5.91 Å². The first-order chi connectivity index (χ1) is 10.4. The molecule has 1 atom stereocenters. The Morgan fingerprint density at radius 1 is 1.41 bits per heavy atom. The van der Waals surface area contributed by atoms with Gasteiger partial charge in [-0.15, -0.1) is 0 Å². The van der Waals surface area contributed by atoms with Crippen molar-refractivity contribution in [3.05, 3.63) is 53.1 Å². The Hall–Kier alpha value is -2.21. The van der Waals surface area contributed by atoms with Crippen molar-refractivity contribution in [2.75, 3.05) is 20.6 Å². The Kier molecular flexibility index (Phi) is 4.92. The van der Waals surface area contributed by atoms with Crippen LogP contribution >= 0.6 is 0 Å². The van der Waals surface area contributed by atoms with Gasteiger partial charge in [0, 0.05) is 13.6 Å². The van der Waals surface area contributed by atoms with Gasteiger partial charge in [-0.2, -0.15) is 5.10 Å². The van der Waals surface area contributed by atoms with E-state index in [1.165, 1.54) is 12.1 Å². The maximum absolute atomic E-state index is 13.4. The van der Waals surface area contributed by atoms with Crippen LogP contribution in [-0.4, -0.2) is 41.2 Å². The summed E-state index contributed by atoms with van der Waals surface area (Å²) in [5, 5.41) is 7.05. The number of carbonyl (C=O) groups excluding carboxylic acids is 1. The minimum absolute atomic E-state index is 0.103. The molecular formula is C16H21FN4O. The van der Waals surface area contributed by atoms with Crippen molar-refractivity contribution in [2.45, 2.75) is 13.0 Å². The minimum Gasteiger partial charge on any atom is -0.349 e. The van der Waals surface area contributed by atoms with E-state index in [1.807, 2.05) is 32.0 Å². The fourth-order valence-corrected chi connectivity index (χ4v) is 2.42. The molecule has 2 rings (SSSR count). The van der Waals surface area contributed by atoms with Gasteiger partial charge in [0.2, 0.25) is 0 Å². The normalized spacial score (nSPS) is 12.5. The SMILES string of the molecule is Cc1cc(C(=O)NCC(c2cccc(F)c2)N(C)C)n(C)n1. The average molecular weight is 304 g/mol. The van der Waals surface area contributed by atoms with E-state index >= 15 is 0 Å². The maximum atomic E-state index is 13.4. The van der Waals surface area contributed by atoms with Crippen molar-refractivity contribution in [2.24, 2.45) is 7.05 Å². The largest absolute Gasteiger partial charge is 0.349 e. The smallest absolute Gasteiger partial charge is 0.269 e. The summed E-state index contributed by atoms with van der Waals surface area (Å²) in [6.07, 6.45) is 0. The predicted molar refractivity (Wildman–Crippen MR) is 83.1 cm³/mol. The molecule has 1 aromatic carbocycles. The highest BCUT2D eigenvalue weighted by molar-refractivity contribution is 5.92. The molecule has 0 aliphatic rings. The van der Waals surface area contributed by atoms with Crippen LogP contribution in [0.5, 0.6) is 0 Å². The molecule has 0 aliphatic carbocycles. The minimum atomic E-state index is -0.280. The van der Waals surface area contributed by atoms with Gasteiger partial charge in [0.25, 0.3) is 5.91 Å². The first kappa shape index (κ1) is 16.2. The number of nitrogens with one attached hydrogen (secondary N) is 1. The highest BCUT2D eigenvalue weighted by Gasteiger charge is 2.18. The van der Waals surface area contributed by atoms with Crippen LogP contribution in [0.25, 0.3) is 0 Å². The van der Waals surface area contributed by atoms with Gasteiger partial charge in [-0.05, 0) is 44.8 Å². The molecule has 5 nitrogen and oxygen atoms in total. The van der Waals surface area contributed by atoms with Crippen molar-refractivity contribution in [3.8, 4) is 0 Å². The van der Waals surface area contributed by atoms with Crippen LogP contribution in [0.3, 0.4) is 0 Å². The molecule has 1 heterocycles. The standard InChI is InChI=1S/C16H21FN4O/c1-11-8-14(21(4)19-11)16(22)18-10-15(20(2)3)12-6-5-7-13(17)9-12/h5-9,15H,10H2,1-4H3,(H,18,22). The molecule has 1 aromatic heterocycles. The second-order valence-corrected chi connectivity index (χ2v) is 5.54. The Morgan fingerprint density at radius 2 is 2.14 bits per heavy atom. The van der Waals surface area contributed by atoms with Gasteiger partial charge >= 0.3 is 0 Å². The lowest BCUT2D eigenvalue weighted by atomic mass is 10.1. The number of halogens is 1. The number of hydrogen-bond acceptors (Lipinski definition) is 3. The number of aromatic nitrogens is 2. The molecule has 0 fully saturated rings. The number of hydrogen-bond donors (Lipinski definition) is 1. The molecule has 0 radical (unpaired) electrons. The molecule has 1 N–H and O–H groups in total. The second kappa shape index (κ2) is 6.70. The molecule has 22 heavy (non-hydrogen) atoms. The highest BCUT2D eigenvalue weighted by Crippen LogP contribution is 2.18. The van der Waals surface area contributed by atoms with Gasteiger partial charge in [-0.1, -0.05) is 12.1 Å². The molecule has 6 heteroatoms. The van der Waals surface area contributed by atoms with Crippen molar-refractivity contribution in [3.63, 3.8) is 0 Å². The van der Waals surface area contributed by atoms with Crippen LogP contribution in [0, 0.1) is 12.7 Å². The van der Waals surface area contributed by atoms with Gasteiger partial charge in [-0.3, -0.25) is 9.48 Å². The zero-order chi connectivity index (χ0) is 16.3. The van der Waals surface area contributed by atoms with Crippen LogP contribution in [0.15, 0.2) is 30.3 Å². The molecule has 0 saturated carbocycles. The number of likely N-dealkylation sites (N-methyl/N-ethyl adjacent to an activating group) is 1. The Labute approximate surface area is 129 Å². The average Bonchev–Trinajstić information content (AvgIpc) is 2.77. The summed E-state index contributed by atoms with van der Waals surface area (Å²) in [6.45, 7) is 2.23. The van der Waals surface area contributed by atoms with Gasteiger partial charge < -0.3 is 10.2 Å².